The Kier molecular flexibility index (Phi) is 6.83. The largest absolute Gasteiger partial charge is 0.449 e. The van der Waals surface area contributed by atoms with Crippen LogP contribution in [0.15, 0.2) is 28.7 Å². The summed E-state index contributed by atoms with van der Waals surface area (Å²) in [5, 5.41) is 8.33. The van der Waals surface area contributed by atoms with Crippen molar-refractivity contribution < 1.29 is 18.7 Å². The van der Waals surface area contributed by atoms with Crippen molar-refractivity contribution >= 4 is 28.5 Å². The fourth-order valence-corrected chi connectivity index (χ4v) is 4.29. The molecule has 1 aromatic carbocycles. The number of hydrogen-bond donors (Lipinski definition) is 1. The number of morpholine rings is 1. The molecule has 0 unspecified atom stereocenters. The number of anilines is 1. The zero-order valence-corrected chi connectivity index (χ0v) is 19.8. The molecule has 2 amide bonds. The average Bonchev–Trinajstić information content (AvgIpc) is 3.29. The molecule has 0 saturated carbocycles. The van der Waals surface area contributed by atoms with Gasteiger partial charge in [0.2, 0.25) is 11.7 Å². The number of fused-ring (bicyclic) bond motifs is 1. The number of nitrogens with zero attached hydrogens (tertiary/aromatic N) is 3. The van der Waals surface area contributed by atoms with E-state index in [1.165, 1.54) is 0 Å². The van der Waals surface area contributed by atoms with Gasteiger partial charge >= 0.3 is 0 Å². The monoisotopic (exact) mass is 452 g/mol. The van der Waals surface area contributed by atoms with Crippen LogP contribution in [0.1, 0.15) is 47.8 Å². The van der Waals surface area contributed by atoms with E-state index in [0.717, 1.165) is 28.9 Å². The molecular formula is C25H32N4O4. The number of hydrogen-bond acceptors (Lipinski definition) is 5. The van der Waals surface area contributed by atoms with Crippen LogP contribution in [0.3, 0.4) is 0 Å². The second kappa shape index (κ2) is 9.79. The van der Waals surface area contributed by atoms with Gasteiger partial charge in [-0.2, -0.15) is 5.10 Å². The van der Waals surface area contributed by atoms with Crippen molar-refractivity contribution in [2.45, 2.75) is 47.1 Å². The molecule has 1 saturated heterocycles. The first kappa shape index (κ1) is 23.0. The summed E-state index contributed by atoms with van der Waals surface area (Å²) in [4.78, 5) is 27.8. The van der Waals surface area contributed by atoms with Gasteiger partial charge in [-0.15, -0.1) is 0 Å². The number of ether oxygens (including phenoxy) is 1. The van der Waals surface area contributed by atoms with Gasteiger partial charge in [0.1, 0.15) is 11.3 Å². The number of carbonyl (C=O) groups is 2. The predicted molar refractivity (Wildman–Crippen MR) is 126 cm³/mol. The SMILES string of the molecule is Cc1nn(CC(C)C)c(C)c1CCC(=O)Nc1c(C(=O)N2CCOCC2)oc2ccccc12. The summed E-state index contributed by atoms with van der Waals surface area (Å²) in [7, 11) is 0. The molecule has 1 N–H and O–H groups in total. The highest BCUT2D eigenvalue weighted by Crippen LogP contribution is 2.32. The minimum Gasteiger partial charge on any atom is -0.449 e. The molecule has 3 aromatic rings. The van der Waals surface area contributed by atoms with Gasteiger partial charge in [0.25, 0.3) is 5.91 Å². The average molecular weight is 453 g/mol. The van der Waals surface area contributed by atoms with Crippen molar-refractivity contribution in [1.29, 1.82) is 0 Å². The van der Waals surface area contributed by atoms with Gasteiger partial charge < -0.3 is 19.4 Å². The Balaban J connectivity index is 1.52. The van der Waals surface area contributed by atoms with Gasteiger partial charge in [0, 0.05) is 37.1 Å². The molecule has 8 heteroatoms. The number of amides is 2. The lowest BCUT2D eigenvalue weighted by molar-refractivity contribution is -0.116. The van der Waals surface area contributed by atoms with Crippen LogP contribution in [0, 0.1) is 19.8 Å². The molecule has 0 aliphatic carbocycles. The predicted octanol–water partition coefficient (Wildman–Crippen LogP) is 3.95. The number of aromatic nitrogens is 2. The van der Waals surface area contributed by atoms with Gasteiger partial charge in [-0.05, 0) is 43.9 Å². The van der Waals surface area contributed by atoms with Crippen LogP contribution in [0.2, 0.25) is 0 Å². The smallest absolute Gasteiger partial charge is 0.291 e. The van der Waals surface area contributed by atoms with Crippen LogP contribution in [-0.2, 0) is 22.5 Å². The lowest BCUT2D eigenvalue weighted by atomic mass is 10.1. The van der Waals surface area contributed by atoms with Gasteiger partial charge in [-0.1, -0.05) is 26.0 Å². The number of benzene rings is 1. The van der Waals surface area contributed by atoms with Crippen LogP contribution in [-0.4, -0.2) is 52.8 Å². The van der Waals surface area contributed by atoms with E-state index in [9.17, 15) is 9.59 Å². The summed E-state index contributed by atoms with van der Waals surface area (Å²) in [6, 6.07) is 7.37. The summed E-state index contributed by atoms with van der Waals surface area (Å²) in [5.41, 5.74) is 4.18. The summed E-state index contributed by atoms with van der Waals surface area (Å²) in [5.74, 6) is 0.277. The third kappa shape index (κ3) is 4.95. The third-order valence-corrected chi connectivity index (χ3v) is 6.02. The number of nitrogens with one attached hydrogen (secondary N) is 1. The van der Waals surface area contributed by atoms with E-state index in [-0.39, 0.29) is 17.6 Å². The summed E-state index contributed by atoms with van der Waals surface area (Å²) < 4.78 is 13.3. The summed E-state index contributed by atoms with van der Waals surface area (Å²) in [6.45, 7) is 11.2. The highest BCUT2D eigenvalue weighted by molar-refractivity contribution is 6.10. The van der Waals surface area contributed by atoms with E-state index in [0.29, 0.717) is 56.3 Å². The normalized spacial score (nSPS) is 14.3. The van der Waals surface area contributed by atoms with Crippen LogP contribution < -0.4 is 5.32 Å². The number of para-hydroxylation sites is 1. The topological polar surface area (TPSA) is 89.6 Å². The molecule has 2 aromatic heterocycles. The van der Waals surface area contributed by atoms with Crippen LogP contribution in [0.4, 0.5) is 5.69 Å². The molecule has 1 aliphatic rings. The van der Waals surface area contributed by atoms with Crippen molar-refractivity contribution in [3.63, 3.8) is 0 Å². The first-order valence-corrected chi connectivity index (χ1v) is 11.6. The van der Waals surface area contributed by atoms with Crippen molar-refractivity contribution in [3.8, 4) is 0 Å². The number of rotatable bonds is 7. The van der Waals surface area contributed by atoms with Crippen LogP contribution >= 0.6 is 0 Å². The second-order valence-corrected chi connectivity index (χ2v) is 8.98. The Morgan fingerprint density at radius 3 is 2.61 bits per heavy atom. The molecule has 176 valence electrons. The standard InChI is InChI=1S/C25H32N4O4/c1-16(2)15-29-18(4)19(17(3)27-29)9-10-22(30)26-23-20-7-5-6-8-21(20)33-24(23)25(31)28-11-13-32-14-12-28/h5-8,16H,9-15H2,1-4H3,(H,26,30). The van der Waals surface area contributed by atoms with E-state index in [4.69, 9.17) is 9.15 Å². The molecule has 4 rings (SSSR count). The van der Waals surface area contributed by atoms with Gasteiger partial charge in [0.05, 0.1) is 18.9 Å². The quantitative estimate of drug-likeness (QED) is 0.586. The Labute approximate surface area is 193 Å². The molecule has 0 bridgehead atoms. The molecule has 0 atom stereocenters. The minimum absolute atomic E-state index is 0.159. The highest BCUT2D eigenvalue weighted by atomic mass is 16.5. The maximum absolute atomic E-state index is 13.1. The zero-order chi connectivity index (χ0) is 23.5. The third-order valence-electron chi connectivity index (χ3n) is 6.02. The molecular weight excluding hydrogens is 420 g/mol. The maximum atomic E-state index is 13.1. The maximum Gasteiger partial charge on any atom is 0.291 e. The zero-order valence-electron chi connectivity index (χ0n) is 19.8. The van der Waals surface area contributed by atoms with E-state index < -0.39 is 0 Å². The fraction of sp³-hybridized carbons (Fsp3) is 0.480. The van der Waals surface area contributed by atoms with Gasteiger partial charge in [0.15, 0.2) is 0 Å². The molecule has 0 radical (unpaired) electrons. The number of carbonyl (C=O) groups excluding carboxylic acids is 2. The van der Waals surface area contributed by atoms with Gasteiger partial charge in [-0.3, -0.25) is 14.3 Å². The highest BCUT2D eigenvalue weighted by Gasteiger charge is 2.27. The molecule has 1 fully saturated rings. The Morgan fingerprint density at radius 1 is 1.15 bits per heavy atom. The number of aryl methyl sites for hydroxylation is 1. The number of furan rings is 1. The molecule has 0 spiro atoms. The van der Waals surface area contributed by atoms with Crippen LogP contribution in [0.25, 0.3) is 11.0 Å². The molecule has 8 nitrogen and oxygen atoms in total. The van der Waals surface area contributed by atoms with Crippen LogP contribution in [0.5, 0.6) is 0 Å². The summed E-state index contributed by atoms with van der Waals surface area (Å²) in [6.07, 6.45) is 0.879. The van der Waals surface area contributed by atoms with E-state index in [1.807, 2.05) is 29.8 Å². The molecule has 1 aliphatic heterocycles. The summed E-state index contributed by atoms with van der Waals surface area (Å²) >= 11 is 0. The van der Waals surface area contributed by atoms with E-state index in [2.05, 4.69) is 31.2 Å². The van der Waals surface area contributed by atoms with Crippen molar-refractivity contribution in [2.75, 3.05) is 31.6 Å². The van der Waals surface area contributed by atoms with E-state index >= 15 is 0 Å². The fourth-order valence-electron chi connectivity index (χ4n) is 4.29. The second-order valence-electron chi connectivity index (χ2n) is 8.98. The lowest BCUT2D eigenvalue weighted by Gasteiger charge is -2.26. The molecule has 33 heavy (non-hydrogen) atoms. The Morgan fingerprint density at radius 2 is 1.88 bits per heavy atom. The van der Waals surface area contributed by atoms with Crippen molar-refractivity contribution in [2.24, 2.45) is 5.92 Å². The Bertz CT molecular complexity index is 1150. The van der Waals surface area contributed by atoms with Crippen molar-refractivity contribution in [1.82, 2.24) is 14.7 Å². The molecule has 3 heterocycles. The van der Waals surface area contributed by atoms with Crippen molar-refractivity contribution in [3.05, 3.63) is 47.0 Å². The van der Waals surface area contributed by atoms with E-state index in [1.54, 1.807) is 11.0 Å². The Hall–Kier alpha value is -3.13. The first-order chi connectivity index (χ1) is 15.8. The first-order valence-electron chi connectivity index (χ1n) is 11.6. The van der Waals surface area contributed by atoms with Gasteiger partial charge in [-0.25, -0.2) is 0 Å². The lowest BCUT2D eigenvalue weighted by Crippen LogP contribution is -2.40. The minimum atomic E-state index is -0.230.